The molecule has 0 spiro atoms. The molecule has 102 valence electrons. The van der Waals surface area contributed by atoms with E-state index >= 15 is 0 Å². The highest BCUT2D eigenvalue weighted by molar-refractivity contribution is 5.67. The predicted octanol–water partition coefficient (Wildman–Crippen LogP) is 0.546. The highest BCUT2D eigenvalue weighted by atomic mass is 16.6. The zero-order chi connectivity index (χ0) is 12.9. The van der Waals surface area contributed by atoms with Gasteiger partial charge in [0.2, 0.25) is 0 Å². The van der Waals surface area contributed by atoms with Crippen LogP contribution in [0.15, 0.2) is 0 Å². The number of rotatable bonds is 12. The molecule has 0 bridgehead atoms. The second-order valence-corrected chi connectivity index (χ2v) is 3.50. The van der Waals surface area contributed by atoms with Crippen molar-refractivity contribution in [1.82, 2.24) is 0 Å². The fourth-order valence-electron chi connectivity index (χ4n) is 1.08. The van der Waals surface area contributed by atoms with Crippen molar-refractivity contribution in [1.29, 1.82) is 0 Å². The Morgan fingerprint density at radius 2 is 1.59 bits per heavy atom. The van der Waals surface area contributed by atoms with Gasteiger partial charge in [-0.25, -0.2) is 0 Å². The summed E-state index contributed by atoms with van der Waals surface area (Å²) in [6.07, 6.45) is -0.269. The first kappa shape index (κ1) is 16.3. The van der Waals surface area contributed by atoms with Crippen LogP contribution in [0.3, 0.4) is 0 Å². The molecule has 0 aliphatic rings. The van der Waals surface area contributed by atoms with Crippen molar-refractivity contribution in [2.45, 2.75) is 19.4 Å². The number of carboxylic acid groups (broad SMARTS) is 1. The van der Waals surface area contributed by atoms with Gasteiger partial charge in [0, 0.05) is 7.11 Å². The Bertz CT molecular complexity index is 185. The molecule has 0 aromatic carbocycles. The average molecular weight is 250 g/mol. The largest absolute Gasteiger partial charge is 0.481 e. The average Bonchev–Trinajstić information content (AvgIpc) is 2.26. The zero-order valence-electron chi connectivity index (χ0n) is 10.5. The zero-order valence-corrected chi connectivity index (χ0v) is 10.5. The molecule has 0 radical (unpaired) electrons. The minimum Gasteiger partial charge on any atom is -0.481 e. The van der Waals surface area contributed by atoms with Crippen LogP contribution in [0.2, 0.25) is 0 Å². The van der Waals surface area contributed by atoms with Crippen LogP contribution >= 0.6 is 0 Å². The Balaban J connectivity index is 3.10. The third-order valence-electron chi connectivity index (χ3n) is 1.90. The van der Waals surface area contributed by atoms with E-state index in [-0.39, 0.29) is 12.5 Å². The molecule has 6 nitrogen and oxygen atoms in total. The summed E-state index contributed by atoms with van der Waals surface area (Å²) in [4.78, 5) is 10.3. The summed E-state index contributed by atoms with van der Waals surface area (Å²) in [5.74, 6) is -0.857. The summed E-state index contributed by atoms with van der Waals surface area (Å²) in [5, 5.41) is 8.49. The summed E-state index contributed by atoms with van der Waals surface area (Å²) >= 11 is 0. The molecule has 0 rings (SSSR count). The lowest BCUT2D eigenvalue weighted by Crippen LogP contribution is -2.17. The van der Waals surface area contributed by atoms with Crippen molar-refractivity contribution in [3.8, 4) is 0 Å². The van der Waals surface area contributed by atoms with Gasteiger partial charge in [0.05, 0.1) is 52.2 Å². The topological polar surface area (TPSA) is 74.2 Å². The molecule has 0 heterocycles. The Morgan fingerprint density at radius 1 is 1.06 bits per heavy atom. The van der Waals surface area contributed by atoms with Gasteiger partial charge in [0.1, 0.15) is 0 Å². The molecule has 0 aromatic rings. The van der Waals surface area contributed by atoms with Gasteiger partial charge in [-0.3, -0.25) is 4.79 Å². The number of methoxy groups -OCH3 is 1. The molecule has 0 aromatic heterocycles. The number of aliphatic carboxylic acids is 1. The van der Waals surface area contributed by atoms with Crippen LogP contribution in [-0.2, 0) is 23.7 Å². The lowest BCUT2D eigenvalue weighted by molar-refractivity contribution is -0.140. The molecular formula is C11H22O6. The van der Waals surface area contributed by atoms with E-state index in [0.717, 1.165) is 0 Å². The fourth-order valence-corrected chi connectivity index (χ4v) is 1.08. The van der Waals surface area contributed by atoms with E-state index in [1.807, 2.05) is 0 Å². The smallest absolute Gasteiger partial charge is 0.305 e. The Morgan fingerprint density at radius 3 is 2.12 bits per heavy atom. The van der Waals surface area contributed by atoms with E-state index in [2.05, 4.69) is 0 Å². The summed E-state index contributed by atoms with van der Waals surface area (Å²) in [7, 11) is 1.62. The third-order valence-corrected chi connectivity index (χ3v) is 1.90. The van der Waals surface area contributed by atoms with E-state index in [9.17, 15) is 4.79 Å². The highest BCUT2D eigenvalue weighted by Crippen LogP contribution is 1.96. The van der Waals surface area contributed by atoms with Gasteiger partial charge in [0.15, 0.2) is 0 Å². The predicted molar refractivity (Wildman–Crippen MR) is 61.2 cm³/mol. The standard InChI is InChI=1S/C11H22O6/c1-10(9-11(12)13)17-8-7-16-6-5-15-4-3-14-2/h10H,3-9H2,1-2H3,(H,12,13)/t10-/m1/s1. The van der Waals surface area contributed by atoms with Gasteiger partial charge in [0.25, 0.3) is 0 Å². The van der Waals surface area contributed by atoms with Crippen molar-refractivity contribution in [2.24, 2.45) is 0 Å². The van der Waals surface area contributed by atoms with Gasteiger partial charge in [-0.1, -0.05) is 0 Å². The van der Waals surface area contributed by atoms with Gasteiger partial charge in [-0.15, -0.1) is 0 Å². The first-order chi connectivity index (χ1) is 8.16. The van der Waals surface area contributed by atoms with Crippen LogP contribution in [0, 0.1) is 0 Å². The molecule has 0 aliphatic heterocycles. The summed E-state index contributed by atoms with van der Waals surface area (Å²) in [5.41, 5.74) is 0. The maximum absolute atomic E-state index is 10.3. The van der Waals surface area contributed by atoms with Crippen LogP contribution in [0.5, 0.6) is 0 Å². The quantitative estimate of drug-likeness (QED) is 0.510. The molecule has 0 saturated carbocycles. The van der Waals surface area contributed by atoms with Crippen molar-refractivity contribution in [2.75, 3.05) is 46.8 Å². The van der Waals surface area contributed by atoms with Crippen LogP contribution in [0.25, 0.3) is 0 Å². The van der Waals surface area contributed by atoms with Crippen LogP contribution in [0.1, 0.15) is 13.3 Å². The van der Waals surface area contributed by atoms with Gasteiger partial charge >= 0.3 is 5.97 Å². The normalized spacial score (nSPS) is 12.6. The molecular weight excluding hydrogens is 228 g/mol. The molecule has 0 amide bonds. The summed E-state index contributed by atoms with van der Waals surface area (Å²) in [6.45, 7) is 4.72. The van der Waals surface area contributed by atoms with Crippen LogP contribution in [-0.4, -0.2) is 63.9 Å². The summed E-state index contributed by atoms with van der Waals surface area (Å²) in [6, 6.07) is 0. The van der Waals surface area contributed by atoms with E-state index in [1.54, 1.807) is 14.0 Å². The van der Waals surface area contributed by atoms with E-state index in [4.69, 9.17) is 24.1 Å². The second-order valence-electron chi connectivity index (χ2n) is 3.50. The number of carboxylic acids is 1. The van der Waals surface area contributed by atoms with Crippen LogP contribution in [0.4, 0.5) is 0 Å². The first-order valence-corrected chi connectivity index (χ1v) is 5.64. The van der Waals surface area contributed by atoms with Gasteiger partial charge < -0.3 is 24.1 Å². The lowest BCUT2D eigenvalue weighted by atomic mass is 10.3. The minimum atomic E-state index is -0.857. The van der Waals surface area contributed by atoms with E-state index < -0.39 is 5.97 Å². The number of hydrogen-bond donors (Lipinski definition) is 1. The third kappa shape index (κ3) is 13.2. The highest BCUT2D eigenvalue weighted by Gasteiger charge is 2.06. The monoisotopic (exact) mass is 250 g/mol. The molecule has 17 heavy (non-hydrogen) atoms. The molecule has 1 atom stereocenters. The Kier molecular flexibility index (Phi) is 11.3. The molecule has 0 saturated heterocycles. The molecule has 0 aliphatic carbocycles. The summed E-state index contributed by atoms with van der Waals surface area (Å²) < 4.78 is 20.5. The van der Waals surface area contributed by atoms with Crippen molar-refractivity contribution in [3.63, 3.8) is 0 Å². The van der Waals surface area contributed by atoms with Crippen molar-refractivity contribution in [3.05, 3.63) is 0 Å². The maximum atomic E-state index is 10.3. The van der Waals surface area contributed by atoms with Crippen LogP contribution < -0.4 is 0 Å². The van der Waals surface area contributed by atoms with Crippen molar-refractivity contribution >= 4 is 5.97 Å². The first-order valence-electron chi connectivity index (χ1n) is 5.64. The number of hydrogen-bond acceptors (Lipinski definition) is 5. The maximum Gasteiger partial charge on any atom is 0.305 e. The van der Waals surface area contributed by atoms with Gasteiger partial charge in [-0.05, 0) is 6.92 Å². The molecule has 6 heteroatoms. The Hall–Kier alpha value is -0.690. The minimum absolute atomic E-state index is 0.0140. The number of carbonyl (C=O) groups is 1. The Labute approximate surface area is 102 Å². The molecule has 0 fully saturated rings. The molecule has 0 unspecified atom stereocenters. The fraction of sp³-hybridized carbons (Fsp3) is 0.909. The molecule has 1 N–H and O–H groups in total. The van der Waals surface area contributed by atoms with E-state index in [1.165, 1.54) is 0 Å². The SMILES string of the molecule is COCCOCCOCCO[C@H](C)CC(=O)O. The number of ether oxygens (including phenoxy) is 4. The van der Waals surface area contributed by atoms with E-state index in [0.29, 0.717) is 39.6 Å². The van der Waals surface area contributed by atoms with Crippen molar-refractivity contribution < 1.29 is 28.8 Å². The second kappa shape index (κ2) is 11.8. The van der Waals surface area contributed by atoms with Gasteiger partial charge in [-0.2, -0.15) is 0 Å². The lowest BCUT2D eigenvalue weighted by Gasteiger charge is -2.10.